The highest BCUT2D eigenvalue weighted by Crippen LogP contribution is 2.30. The topological polar surface area (TPSA) is 54.9 Å². The third kappa shape index (κ3) is 7.42. The Kier molecular flexibility index (Phi) is 12.1. The first-order valence-electron chi connectivity index (χ1n) is 8.21. The predicted octanol–water partition coefficient (Wildman–Crippen LogP) is 3.90. The maximum Gasteiger partial charge on any atom is 0.192 e. The molecule has 0 aliphatic carbocycles. The molecule has 1 aromatic rings. The average Bonchev–Trinajstić information content (AvgIpc) is 2.54. The van der Waals surface area contributed by atoms with Crippen molar-refractivity contribution in [2.24, 2.45) is 4.99 Å². The predicted molar refractivity (Wildman–Crippen MR) is 112 cm³/mol. The minimum atomic E-state index is 0. The molecule has 1 atom stereocenters. The van der Waals surface area contributed by atoms with Crippen molar-refractivity contribution in [3.63, 3.8) is 0 Å². The molecular formula is C18H30IN3O2. The third-order valence-electron chi connectivity index (χ3n) is 3.14. The second kappa shape index (κ2) is 12.9. The van der Waals surface area contributed by atoms with Gasteiger partial charge in [-0.2, -0.15) is 0 Å². The molecule has 0 aromatic heterocycles. The summed E-state index contributed by atoms with van der Waals surface area (Å²) in [6.07, 6.45) is 1.77. The number of hydrogen-bond donors (Lipinski definition) is 2. The van der Waals surface area contributed by atoms with Crippen LogP contribution in [0.2, 0.25) is 0 Å². The Bertz CT molecular complexity index is 521. The maximum absolute atomic E-state index is 5.69. The highest BCUT2D eigenvalue weighted by atomic mass is 127. The summed E-state index contributed by atoms with van der Waals surface area (Å²) in [6.45, 7) is 14.4. The van der Waals surface area contributed by atoms with Gasteiger partial charge in [0.05, 0.1) is 25.8 Å². The molecule has 0 spiro atoms. The maximum atomic E-state index is 5.69. The third-order valence-corrected chi connectivity index (χ3v) is 3.14. The van der Waals surface area contributed by atoms with E-state index in [0.29, 0.717) is 19.8 Å². The Balaban J connectivity index is 0.00000529. The van der Waals surface area contributed by atoms with Crippen LogP contribution in [0.4, 0.5) is 0 Å². The van der Waals surface area contributed by atoms with Crippen LogP contribution in [0.5, 0.6) is 11.5 Å². The summed E-state index contributed by atoms with van der Waals surface area (Å²) in [5.74, 6) is 2.32. The van der Waals surface area contributed by atoms with Crippen LogP contribution >= 0.6 is 24.0 Å². The van der Waals surface area contributed by atoms with Gasteiger partial charge in [-0.15, -0.1) is 30.6 Å². The molecule has 1 rings (SSSR count). The first-order chi connectivity index (χ1) is 11.2. The van der Waals surface area contributed by atoms with Crippen LogP contribution < -0.4 is 20.1 Å². The van der Waals surface area contributed by atoms with Crippen LogP contribution in [0.3, 0.4) is 0 Å². The fourth-order valence-corrected chi connectivity index (χ4v) is 2.10. The molecule has 0 fully saturated rings. The molecular weight excluding hydrogens is 417 g/mol. The molecule has 5 nitrogen and oxygen atoms in total. The van der Waals surface area contributed by atoms with Crippen molar-refractivity contribution < 1.29 is 9.47 Å². The van der Waals surface area contributed by atoms with E-state index in [9.17, 15) is 0 Å². The first kappa shape index (κ1) is 22.6. The van der Waals surface area contributed by atoms with Crippen LogP contribution in [-0.2, 0) is 0 Å². The molecule has 1 aromatic carbocycles. The quantitative estimate of drug-likeness (QED) is 0.261. The Morgan fingerprint density at radius 1 is 1.21 bits per heavy atom. The standard InChI is InChI=1S/C18H29N3O2.HI/c1-6-12-20-18(19-7-2)21-14(5)15-10-11-16(22-8-3)17(13-15)23-9-4;/h6,10-11,13-14H,1,7-9,12H2,2-5H3,(H2,19,20,21);1H. The van der Waals surface area contributed by atoms with E-state index in [4.69, 9.17) is 9.47 Å². The van der Waals surface area contributed by atoms with Gasteiger partial charge in [-0.25, -0.2) is 4.99 Å². The fourth-order valence-electron chi connectivity index (χ4n) is 2.10. The van der Waals surface area contributed by atoms with Crippen molar-refractivity contribution in [3.8, 4) is 11.5 Å². The number of hydrogen-bond acceptors (Lipinski definition) is 3. The SMILES string of the molecule is C=CCN=C(NCC)NC(C)c1ccc(OCC)c(OCC)c1.I. The molecule has 0 aliphatic heterocycles. The number of aliphatic imine (C=N–C) groups is 1. The summed E-state index contributed by atoms with van der Waals surface area (Å²) < 4.78 is 11.3. The Morgan fingerprint density at radius 3 is 2.46 bits per heavy atom. The van der Waals surface area contributed by atoms with E-state index in [0.717, 1.165) is 29.6 Å². The number of ether oxygens (including phenoxy) is 2. The number of rotatable bonds is 9. The van der Waals surface area contributed by atoms with E-state index >= 15 is 0 Å². The van der Waals surface area contributed by atoms with Gasteiger partial charge in [0.25, 0.3) is 0 Å². The van der Waals surface area contributed by atoms with Crippen LogP contribution in [-0.4, -0.2) is 32.3 Å². The number of nitrogens with one attached hydrogen (secondary N) is 2. The van der Waals surface area contributed by atoms with E-state index in [1.807, 2.05) is 39.0 Å². The molecule has 6 heteroatoms. The molecule has 136 valence electrons. The number of benzene rings is 1. The van der Waals surface area contributed by atoms with E-state index in [2.05, 4.69) is 29.1 Å². The molecule has 2 N–H and O–H groups in total. The zero-order chi connectivity index (χ0) is 17.1. The second-order valence-corrected chi connectivity index (χ2v) is 4.95. The first-order valence-corrected chi connectivity index (χ1v) is 8.21. The monoisotopic (exact) mass is 447 g/mol. The van der Waals surface area contributed by atoms with Crippen molar-refractivity contribution in [1.82, 2.24) is 10.6 Å². The zero-order valence-electron chi connectivity index (χ0n) is 15.1. The van der Waals surface area contributed by atoms with Gasteiger partial charge in [-0.1, -0.05) is 12.1 Å². The van der Waals surface area contributed by atoms with Gasteiger partial charge in [0.1, 0.15) is 0 Å². The molecule has 0 radical (unpaired) electrons. The number of halogens is 1. The second-order valence-electron chi connectivity index (χ2n) is 4.95. The molecule has 0 amide bonds. The van der Waals surface area contributed by atoms with Crippen molar-refractivity contribution in [3.05, 3.63) is 36.4 Å². The molecule has 24 heavy (non-hydrogen) atoms. The molecule has 0 saturated carbocycles. The van der Waals surface area contributed by atoms with Gasteiger partial charge >= 0.3 is 0 Å². The summed E-state index contributed by atoms with van der Waals surface area (Å²) in [7, 11) is 0. The van der Waals surface area contributed by atoms with Crippen molar-refractivity contribution in [2.75, 3.05) is 26.3 Å². The summed E-state index contributed by atoms with van der Waals surface area (Å²) in [5, 5.41) is 6.61. The van der Waals surface area contributed by atoms with Crippen molar-refractivity contribution in [2.45, 2.75) is 33.7 Å². The Morgan fingerprint density at radius 2 is 1.88 bits per heavy atom. The van der Waals surface area contributed by atoms with E-state index < -0.39 is 0 Å². The lowest BCUT2D eigenvalue weighted by Gasteiger charge is -2.20. The van der Waals surface area contributed by atoms with Crippen LogP contribution in [0.1, 0.15) is 39.3 Å². The minimum absolute atomic E-state index is 0. The fraction of sp³-hybridized carbons (Fsp3) is 0.500. The molecule has 0 bridgehead atoms. The van der Waals surface area contributed by atoms with Gasteiger partial charge in [-0.05, 0) is 45.4 Å². The van der Waals surface area contributed by atoms with Gasteiger partial charge < -0.3 is 20.1 Å². The van der Waals surface area contributed by atoms with E-state index in [-0.39, 0.29) is 30.0 Å². The van der Waals surface area contributed by atoms with Gasteiger partial charge in [0.15, 0.2) is 17.5 Å². The van der Waals surface area contributed by atoms with Crippen LogP contribution in [0.15, 0.2) is 35.8 Å². The van der Waals surface area contributed by atoms with Crippen LogP contribution in [0.25, 0.3) is 0 Å². The molecule has 0 heterocycles. The normalized spacial score (nSPS) is 11.9. The highest BCUT2D eigenvalue weighted by molar-refractivity contribution is 14.0. The number of guanidine groups is 1. The largest absolute Gasteiger partial charge is 0.490 e. The van der Waals surface area contributed by atoms with Gasteiger partial charge in [-0.3, -0.25) is 0 Å². The smallest absolute Gasteiger partial charge is 0.192 e. The van der Waals surface area contributed by atoms with Crippen LogP contribution in [0, 0.1) is 0 Å². The van der Waals surface area contributed by atoms with Crippen molar-refractivity contribution in [1.29, 1.82) is 0 Å². The Labute approximate surface area is 162 Å². The van der Waals surface area contributed by atoms with E-state index in [1.54, 1.807) is 6.08 Å². The van der Waals surface area contributed by atoms with E-state index in [1.165, 1.54) is 0 Å². The summed E-state index contributed by atoms with van der Waals surface area (Å²) in [6, 6.07) is 6.11. The Hall–Kier alpha value is -1.44. The number of nitrogens with zero attached hydrogens (tertiary/aromatic N) is 1. The van der Waals surface area contributed by atoms with Gasteiger partial charge in [0, 0.05) is 6.54 Å². The molecule has 1 unspecified atom stereocenters. The molecule has 0 aliphatic rings. The lowest BCUT2D eigenvalue weighted by atomic mass is 10.1. The summed E-state index contributed by atoms with van der Waals surface area (Å²) in [5.41, 5.74) is 1.11. The average molecular weight is 447 g/mol. The summed E-state index contributed by atoms with van der Waals surface area (Å²) in [4.78, 5) is 4.42. The lowest BCUT2D eigenvalue weighted by Crippen LogP contribution is -2.38. The molecule has 0 saturated heterocycles. The highest BCUT2D eigenvalue weighted by Gasteiger charge is 2.12. The van der Waals surface area contributed by atoms with Crippen molar-refractivity contribution >= 4 is 29.9 Å². The minimum Gasteiger partial charge on any atom is -0.490 e. The van der Waals surface area contributed by atoms with Gasteiger partial charge in [0.2, 0.25) is 0 Å². The zero-order valence-corrected chi connectivity index (χ0v) is 17.4. The summed E-state index contributed by atoms with van der Waals surface area (Å²) >= 11 is 0. The lowest BCUT2D eigenvalue weighted by molar-refractivity contribution is 0.287.